The number of hydrogen-bond donors (Lipinski definition) is 1. The summed E-state index contributed by atoms with van der Waals surface area (Å²) in [5, 5.41) is 12.4. The van der Waals surface area contributed by atoms with Crippen LogP contribution in [0.4, 0.5) is 0 Å². The van der Waals surface area contributed by atoms with Gasteiger partial charge in [0.25, 0.3) is 0 Å². The zero-order valence-corrected chi connectivity index (χ0v) is 10.2. The minimum atomic E-state index is 0.245. The van der Waals surface area contributed by atoms with E-state index in [-0.39, 0.29) is 5.41 Å². The fourth-order valence-electron chi connectivity index (χ4n) is 4.60. The second-order valence-corrected chi connectivity index (χ2v) is 6.23. The molecule has 3 aliphatic carbocycles. The molecule has 88 valence electrons. The van der Waals surface area contributed by atoms with Crippen molar-refractivity contribution in [2.45, 2.75) is 38.5 Å². The van der Waals surface area contributed by atoms with Crippen LogP contribution >= 0.6 is 11.6 Å². The molecular formula is C13H18ClNO. The highest BCUT2D eigenvalue weighted by atomic mass is 35.5. The first-order valence-electron chi connectivity index (χ1n) is 6.28. The molecule has 2 nitrogen and oxygen atoms in total. The first-order chi connectivity index (χ1) is 7.74. The molecule has 0 aromatic heterocycles. The second kappa shape index (κ2) is 3.76. The Bertz CT molecular complexity index is 352. The van der Waals surface area contributed by atoms with Gasteiger partial charge in [-0.15, -0.1) is 0 Å². The fraction of sp³-hybridized carbons (Fsp3) is 0.769. The van der Waals surface area contributed by atoms with Crippen molar-refractivity contribution in [1.29, 1.82) is 0 Å². The van der Waals surface area contributed by atoms with E-state index in [4.69, 9.17) is 16.8 Å². The number of nitrogens with zero attached hydrogens (tertiary/aromatic N) is 1. The maximum atomic E-state index is 8.48. The van der Waals surface area contributed by atoms with Crippen LogP contribution in [0.15, 0.2) is 16.3 Å². The molecule has 0 unspecified atom stereocenters. The first kappa shape index (κ1) is 10.6. The summed E-state index contributed by atoms with van der Waals surface area (Å²) in [4.78, 5) is 0. The molecule has 0 aliphatic heterocycles. The molecule has 16 heavy (non-hydrogen) atoms. The van der Waals surface area contributed by atoms with Gasteiger partial charge in [-0.25, -0.2) is 0 Å². The Labute approximate surface area is 101 Å². The molecule has 0 aromatic carbocycles. The molecular weight excluding hydrogens is 222 g/mol. The van der Waals surface area contributed by atoms with Crippen molar-refractivity contribution in [1.82, 2.24) is 0 Å². The molecule has 0 spiro atoms. The Morgan fingerprint density at radius 2 is 2.06 bits per heavy atom. The number of rotatable bonds is 2. The van der Waals surface area contributed by atoms with Gasteiger partial charge in [0.05, 0.1) is 6.21 Å². The van der Waals surface area contributed by atoms with Gasteiger partial charge in [0.2, 0.25) is 0 Å². The Hall–Kier alpha value is -0.500. The largest absolute Gasteiger partial charge is 0.411 e. The third kappa shape index (κ3) is 1.42. The summed E-state index contributed by atoms with van der Waals surface area (Å²) >= 11 is 6.47. The quantitative estimate of drug-likeness (QED) is 0.444. The van der Waals surface area contributed by atoms with Crippen molar-refractivity contribution >= 4 is 17.8 Å². The normalized spacial score (nSPS) is 46.8. The average Bonchev–Trinajstić information content (AvgIpc) is 2.44. The van der Waals surface area contributed by atoms with Crippen molar-refractivity contribution in [3.63, 3.8) is 0 Å². The predicted octanol–water partition coefficient (Wildman–Crippen LogP) is 3.79. The number of oxime groups is 1. The van der Waals surface area contributed by atoms with Crippen molar-refractivity contribution in [3.05, 3.63) is 11.1 Å². The van der Waals surface area contributed by atoms with Gasteiger partial charge >= 0.3 is 0 Å². The average molecular weight is 240 g/mol. The van der Waals surface area contributed by atoms with Gasteiger partial charge < -0.3 is 5.21 Å². The van der Waals surface area contributed by atoms with E-state index in [1.807, 2.05) is 0 Å². The Morgan fingerprint density at radius 3 is 2.88 bits per heavy atom. The van der Waals surface area contributed by atoms with Gasteiger partial charge in [-0.3, -0.25) is 0 Å². The molecule has 0 saturated heterocycles. The lowest BCUT2D eigenvalue weighted by Crippen LogP contribution is -2.36. The summed E-state index contributed by atoms with van der Waals surface area (Å²) in [7, 11) is 0. The number of allylic oxidation sites excluding steroid dienone is 2. The smallest absolute Gasteiger partial charge is 0.0673 e. The van der Waals surface area contributed by atoms with E-state index in [1.165, 1.54) is 44.7 Å². The lowest BCUT2D eigenvalue weighted by Gasteiger charge is -2.45. The minimum absolute atomic E-state index is 0.245. The molecule has 3 fully saturated rings. The third-order valence-corrected chi connectivity index (χ3v) is 5.56. The van der Waals surface area contributed by atoms with Crippen LogP contribution < -0.4 is 0 Å². The van der Waals surface area contributed by atoms with Gasteiger partial charge in [-0.05, 0) is 55.9 Å². The number of hydrogen-bond acceptors (Lipinski definition) is 2. The van der Waals surface area contributed by atoms with Crippen molar-refractivity contribution in [2.75, 3.05) is 0 Å². The zero-order chi connectivity index (χ0) is 11.2. The molecule has 0 radical (unpaired) electrons. The summed E-state index contributed by atoms with van der Waals surface area (Å²) < 4.78 is 0. The lowest BCUT2D eigenvalue weighted by molar-refractivity contribution is 0.104. The summed E-state index contributed by atoms with van der Waals surface area (Å²) in [6.07, 6.45) is 11.3. The predicted molar refractivity (Wildman–Crippen MR) is 64.8 cm³/mol. The van der Waals surface area contributed by atoms with Gasteiger partial charge in [-0.1, -0.05) is 23.2 Å². The molecule has 3 saturated carbocycles. The topological polar surface area (TPSA) is 32.6 Å². The van der Waals surface area contributed by atoms with Crippen LogP contribution in [0.1, 0.15) is 38.5 Å². The van der Waals surface area contributed by atoms with Crippen LogP contribution in [0.5, 0.6) is 0 Å². The lowest BCUT2D eigenvalue weighted by atomic mass is 9.61. The SMILES string of the molecule is O/N=C\C=C(/Cl)[C@@]12C[C@H]3CC[C@@H]1C[C@H](C3)C2. The van der Waals surface area contributed by atoms with E-state index in [2.05, 4.69) is 5.16 Å². The molecule has 3 heteroatoms. The number of halogens is 1. The molecule has 0 aromatic rings. The molecule has 3 aliphatic rings. The fourth-order valence-corrected chi connectivity index (χ4v) is 4.96. The van der Waals surface area contributed by atoms with E-state index in [0.717, 1.165) is 22.8 Å². The summed E-state index contributed by atoms with van der Waals surface area (Å²) in [6, 6.07) is 0. The van der Waals surface area contributed by atoms with Gasteiger partial charge in [0, 0.05) is 10.4 Å². The van der Waals surface area contributed by atoms with Crippen molar-refractivity contribution in [3.8, 4) is 0 Å². The highest BCUT2D eigenvalue weighted by Crippen LogP contribution is 2.65. The Kier molecular flexibility index (Phi) is 2.50. The van der Waals surface area contributed by atoms with Crippen LogP contribution in [0.25, 0.3) is 0 Å². The van der Waals surface area contributed by atoms with Crippen molar-refractivity contribution < 1.29 is 5.21 Å². The highest BCUT2D eigenvalue weighted by molar-refractivity contribution is 6.31. The second-order valence-electron chi connectivity index (χ2n) is 5.82. The monoisotopic (exact) mass is 239 g/mol. The van der Waals surface area contributed by atoms with Gasteiger partial charge in [0.15, 0.2) is 0 Å². The molecule has 1 N–H and O–H groups in total. The Balaban J connectivity index is 1.93. The molecule has 3 rings (SSSR count). The zero-order valence-electron chi connectivity index (χ0n) is 9.40. The summed E-state index contributed by atoms with van der Waals surface area (Å²) in [6.45, 7) is 0. The van der Waals surface area contributed by atoms with Crippen LogP contribution in [0.2, 0.25) is 0 Å². The van der Waals surface area contributed by atoms with Crippen LogP contribution in [-0.2, 0) is 0 Å². The molecule has 0 amide bonds. The highest BCUT2D eigenvalue weighted by Gasteiger charge is 2.55. The van der Waals surface area contributed by atoms with Gasteiger partial charge in [0.1, 0.15) is 0 Å². The van der Waals surface area contributed by atoms with Crippen LogP contribution in [0.3, 0.4) is 0 Å². The third-order valence-electron chi connectivity index (χ3n) is 5.06. The number of fused-ring (bicyclic) bond motifs is 2. The first-order valence-corrected chi connectivity index (χ1v) is 6.66. The molecule has 4 atom stereocenters. The standard InChI is InChI=1S/C13H18ClNO/c14-12(3-4-15-16)13-7-9-1-2-11(13)6-10(5-9)8-13/h3-4,9-11,16H,1-2,5-8H2/b12-3-,15-4-/t9-,10-,11+,13+/m0/s1. The van der Waals surface area contributed by atoms with E-state index in [9.17, 15) is 0 Å². The van der Waals surface area contributed by atoms with E-state index in [0.29, 0.717) is 0 Å². The summed E-state index contributed by atoms with van der Waals surface area (Å²) in [5.41, 5.74) is 0.245. The summed E-state index contributed by atoms with van der Waals surface area (Å²) in [5.74, 6) is 2.58. The van der Waals surface area contributed by atoms with Crippen LogP contribution in [-0.4, -0.2) is 11.4 Å². The molecule has 0 heterocycles. The van der Waals surface area contributed by atoms with Gasteiger partial charge in [-0.2, -0.15) is 0 Å². The maximum absolute atomic E-state index is 8.48. The van der Waals surface area contributed by atoms with Crippen molar-refractivity contribution in [2.24, 2.45) is 28.3 Å². The minimum Gasteiger partial charge on any atom is -0.411 e. The molecule has 3 bridgehead atoms. The van der Waals surface area contributed by atoms with E-state index in [1.54, 1.807) is 6.08 Å². The van der Waals surface area contributed by atoms with E-state index >= 15 is 0 Å². The van der Waals surface area contributed by atoms with E-state index < -0.39 is 0 Å². The van der Waals surface area contributed by atoms with Crippen LogP contribution in [0, 0.1) is 23.2 Å². The Morgan fingerprint density at radius 1 is 1.25 bits per heavy atom. The maximum Gasteiger partial charge on any atom is 0.0673 e.